The Kier molecular flexibility index (Phi) is 8.63. The van der Waals surface area contributed by atoms with Crippen LogP contribution in [-0.2, 0) is 14.8 Å². The summed E-state index contributed by atoms with van der Waals surface area (Å²) in [6, 6.07) is 4.28. The van der Waals surface area contributed by atoms with Crippen LogP contribution >= 0.6 is 0 Å². The van der Waals surface area contributed by atoms with Gasteiger partial charge in [0.05, 0.1) is 19.7 Å². The number of nitrogens with zero attached hydrogens (tertiary/aromatic N) is 3. The predicted molar refractivity (Wildman–Crippen MR) is 131 cm³/mol. The van der Waals surface area contributed by atoms with E-state index in [-0.39, 0.29) is 41.5 Å². The molecule has 0 spiro atoms. The monoisotopic (exact) mass is 491 g/mol. The van der Waals surface area contributed by atoms with Gasteiger partial charge in [-0.15, -0.1) is 0 Å². The number of fused-ring (bicyclic) bond motifs is 1. The molecule has 1 heterocycles. The number of carbonyl (C=O) groups excluding carboxylic acids is 1. The maximum atomic E-state index is 13.5. The highest BCUT2D eigenvalue weighted by atomic mass is 32.2. The van der Waals surface area contributed by atoms with E-state index in [0.29, 0.717) is 18.7 Å². The molecular weight excluding hydrogens is 454 g/mol. The first-order valence-electron chi connectivity index (χ1n) is 11.9. The van der Waals surface area contributed by atoms with Crippen LogP contribution in [0.1, 0.15) is 38.7 Å². The van der Waals surface area contributed by atoms with Gasteiger partial charge in [0, 0.05) is 37.0 Å². The molecule has 1 N–H and O–H groups in total. The second-order valence-electron chi connectivity index (χ2n) is 9.79. The number of sulfonamides is 1. The quantitative estimate of drug-likeness (QED) is 0.609. The van der Waals surface area contributed by atoms with E-state index >= 15 is 0 Å². The van der Waals surface area contributed by atoms with Gasteiger partial charge in [0.25, 0.3) is 0 Å². The first kappa shape index (κ1) is 26.5. The van der Waals surface area contributed by atoms with E-state index in [4.69, 9.17) is 4.74 Å². The Labute approximate surface area is 203 Å². The minimum absolute atomic E-state index is 0.0517. The van der Waals surface area contributed by atoms with Crippen molar-refractivity contribution in [1.82, 2.24) is 14.1 Å². The zero-order valence-corrected chi connectivity index (χ0v) is 21.6. The fourth-order valence-corrected chi connectivity index (χ4v) is 5.97. The predicted octanol–water partition coefficient (Wildman–Crippen LogP) is 1.63. The lowest BCUT2D eigenvalue weighted by atomic mass is 9.84. The summed E-state index contributed by atoms with van der Waals surface area (Å²) in [6.07, 6.45) is 2.50. The summed E-state index contributed by atoms with van der Waals surface area (Å²) in [5.41, 5.74) is 0.656. The van der Waals surface area contributed by atoms with Crippen LogP contribution in [0.3, 0.4) is 0 Å². The van der Waals surface area contributed by atoms with E-state index < -0.39 is 22.2 Å². The molecule has 8 nitrogen and oxygen atoms in total. The van der Waals surface area contributed by atoms with Crippen LogP contribution in [0.5, 0.6) is 5.75 Å². The van der Waals surface area contributed by atoms with Crippen molar-refractivity contribution >= 4 is 15.9 Å². The molecule has 1 saturated carbocycles. The van der Waals surface area contributed by atoms with Gasteiger partial charge in [-0.1, -0.05) is 25.2 Å². The second-order valence-corrected chi connectivity index (χ2v) is 11.6. The molecule has 3 atom stereocenters. The molecule has 34 heavy (non-hydrogen) atoms. The lowest BCUT2D eigenvalue weighted by Gasteiger charge is -2.38. The Morgan fingerprint density at radius 1 is 1.29 bits per heavy atom. The van der Waals surface area contributed by atoms with Crippen LogP contribution in [0, 0.1) is 23.7 Å². The number of benzene rings is 1. The fraction of sp³-hybridized carbons (Fsp3) is 0.640. The molecule has 2 aliphatic rings. The van der Waals surface area contributed by atoms with Crippen LogP contribution in [0.25, 0.3) is 0 Å². The standard InChI is InChI=1S/C25H37N3O5S/c1-18-15-28(19(2)17-29)34(31,32)24-12-11-20(8-7-13-26(3)4)14-22(24)33-23(18)16-27(5)25(30)21-9-6-10-21/h11-12,14,18-19,21,23,29H,6,9-10,13,15-17H2,1-5H3/t18-,19-,23+/m0/s1. The largest absolute Gasteiger partial charge is 0.487 e. The SMILES string of the molecule is C[C@H]1CN([C@@H](C)CO)S(=O)(=O)c2ccc(C#CCN(C)C)cc2O[C@@H]1CN(C)C(=O)C1CCC1. The molecule has 0 unspecified atom stereocenters. The molecule has 3 rings (SSSR count). The minimum atomic E-state index is -3.90. The Bertz CT molecular complexity index is 1040. The molecule has 1 fully saturated rings. The van der Waals surface area contributed by atoms with Gasteiger partial charge >= 0.3 is 0 Å². The van der Waals surface area contributed by atoms with Gasteiger partial charge in [0.2, 0.25) is 15.9 Å². The van der Waals surface area contributed by atoms with Crippen molar-refractivity contribution in [2.75, 3.05) is 47.4 Å². The second kappa shape index (κ2) is 11.1. The highest BCUT2D eigenvalue weighted by molar-refractivity contribution is 7.89. The van der Waals surface area contributed by atoms with Crippen LogP contribution in [-0.4, -0.2) is 93.1 Å². The number of ether oxygens (including phenoxy) is 1. The molecule has 1 aromatic rings. The topological polar surface area (TPSA) is 90.4 Å². The van der Waals surface area contributed by atoms with Gasteiger partial charge < -0.3 is 14.7 Å². The number of hydrogen-bond acceptors (Lipinski definition) is 6. The summed E-state index contributed by atoms with van der Waals surface area (Å²) in [4.78, 5) is 16.5. The summed E-state index contributed by atoms with van der Waals surface area (Å²) in [5, 5.41) is 9.77. The van der Waals surface area contributed by atoms with Gasteiger partial charge in [0.1, 0.15) is 16.7 Å². The average molecular weight is 492 g/mol. The highest BCUT2D eigenvalue weighted by Gasteiger charge is 2.39. The number of aliphatic hydroxyl groups excluding tert-OH is 1. The van der Waals surface area contributed by atoms with Crippen molar-refractivity contribution in [3.63, 3.8) is 0 Å². The number of hydrogen-bond donors (Lipinski definition) is 1. The number of likely N-dealkylation sites (N-methyl/N-ethyl adjacent to an activating group) is 1. The lowest BCUT2D eigenvalue weighted by molar-refractivity contribution is -0.138. The van der Waals surface area contributed by atoms with Crippen molar-refractivity contribution in [3.05, 3.63) is 23.8 Å². The van der Waals surface area contributed by atoms with Crippen LogP contribution in [0.15, 0.2) is 23.1 Å². The molecule has 1 aliphatic carbocycles. The van der Waals surface area contributed by atoms with Gasteiger partial charge in [-0.25, -0.2) is 8.42 Å². The number of aliphatic hydroxyl groups is 1. The number of amides is 1. The number of rotatable bonds is 6. The normalized spacial score (nSPS) is 23.4. The summed E-state index contributed by atoms with van der Waals surface area (Å²) in [7, 11) is 1.73. The van der Waals surface area contributed by atoms with E-state index in [0.717, 1.165) is 19.3 Å². The molecule has 0 aromatic heterocycles. The van der Waals surface area contributed by atoms with E-state index in [9.17, 15) is 18.3 Å². The van der Waals surface area contributed by atoms with Gasteiger partial charge in [0.15, 0.2) is 0 Å². The van der Waals surface area contributed by atoms with Crippen molar-refractivity contribution < 1.29 is 23.1 Å². The van der Waals surface area contributed by atoms with Crippen molar-refractivity contribution in [1.29, 1.82) is 0 Å². The zero-order valence-electron chi connectivity index (χ0n) is 20.8. The molecule has 0 bridgehead atoms. The average Bonchev–Trinajstić information content (AvgIpc) is 2.74. The van der Waals surface area contributed by atoms with Gasteiger partial charge in [-0.3, -0.25) is 9.69 Å². The van der Waals surface area contributed by atoms with Crippen molar-refractivity contribution in [2.45, 2.75) is 50.2 Å². The fourth-order valence-electron chi connectivity index (χ4n) is 4.15. The van der Waals surface area contributed by atoms with E-state index in [1.165, 1.54) is 10.4 Å². The maximum absolute atomic E-state index is 13.5. The van der Waals surface area contributed by atoms with E-state index in [1.54, 1.807) is 31.0 Å². The number of carbonyl (C=O) groups is 1. The third-order valence-electron chi connectivity index (χ3n) is 6.58. The minimum Gasteiger partial charge on any atom is -0.487 e. The Balaban J connectivity index is 1.98. The zero-order chi connectivity index (χ0) is 25.0. The maximum Gasteiger partial charge on any atom is 0.247 e. The molecule has 9 heteroatoms. The van der Waals surface area contributed by atoms with E-state index in [2.05, 4.69) is 11.8 Å². The Morgan fingerprint density at radius 2 is 2.00 bits per heavy atom. The smallest absolute Gasteiger partial charge is 0.247 e. The summed E-state index contributed by atoms with van der Waals surface area (Å²) in [6.45, 7) is 4.43. The molecule has 188 valence electrons. The molecular formula is C25H37N3O5S. The summed E-state index contributed by atoms with van der Waals surface area (Å²) < 4.78 is 34.7. The Morgan fingerprint density at radius 3 is 2.59 bits per heavy atom. The lowest BCUT2D eigenvalue weighted by Crippen LogP contribution is -2.50. The van der Waals surface area contributed by atoms with Gasteiger partial charge in [-0.05, 0) is 52.1 Å². The summed E-state index contributed by atoms with van der Waals surface area (Å²) >= 11 is 0. The Hall–Kier alpha value is -2.12. The van der Waals surface area contributed by atoms with Crippen LogP contribution in [0.4, 0.5) is 0 Å². The third kappa shape index (κ3) is 5.92. The van der Waals surface area contributed by atoms with Crippen molar-refractivity contribution in [3.8, 4) is 17.6 Å². The molecule has 0 saturated heterocycles. The van der Waals surface area contributed by atoms with Crippen LogP contribution < -0.4 is 4.74 Å². The molecule has 1 aromatic carbocycles. The van der Waals surface area contributed by atoms with Crippen LogP contribution in [0.2, 0.25) is 0 Å². The molecule has 1 amide bonds. The summed E-state index contributed by atoms with van der Waals surface area (Å²) in [5.74, 6) is 6.33. The van der Waals surface area contributed by atoms with E-state index in [1.807, 2.05) is 25.9 Å². The van der Waals surface area contributed by atoms with Crippen molar-refractivity contribution in [2.24, 2.45) is 11.8 Å². The molecule has 1 aliphatic heterocycles. The van der Waals surface area contributed by atoms with Gasteiger partial charge in [-0.2, -0.15) is 4.31 Å². The third-order valence-corrected chi connectivity index (χ3v) is 8.60. The first-order chi connectivity index (χ1) is 16.0. The highest BCUT2D eigenvalue weighted by Crippen LogP contribution is 2.34. The first-order valence-corrected chi connectivity index (χ1v) is 13.3. The molecule has 0 radical (unpaired) electrons.